The van der Waals surface area contributed by atoms with Crippen LogP contribution in [0.5, 0.6) is 0 Å². The molecule has 1 amide bonds. The van der Waals surface area contributed by atoms with Gasteiger partial charge in [0.2, 0.25) is 5.91 Å². The number of aliphatic carboxylic acids is 1. The normalized spacial score (nSPS) is 21.3. The Balaban J connectivity index is 2.07. The van der Waals surface area contributed by atoms with Gasteiger partial charge in [0.1, 0.15) is 12.1 Å². The second-order valence-electron chi connectivity index (χ2n) is 4.40. The number of likely N-dealkylation sites (tertiary alicyclic amines) is 1. The van der Waals surface area contributed by atoms with Gasteiger partial charge in [-0.3, -0.25) is 9.59 Å². The molecule has 1 saturated heterocycles. The Morgan fingerprint density at radius 2 is 2.44 bits per heavy atom. The Morgan fingerprint density at radius 1 is 1.72 bits per heavy atom. The number of carbonyl (C=O) groups excluding carboxylic acids is 1. The number of amides is 1. The number of carbonyl (C=O) groups is 2. The lowest BCUT2D eigenvalue weighted by Crippen LogP contribution is -2.32. The van der Waals surface area contributed by atoms with Crippen molar-refractivity contribution in [1.29, 1.82) is 0 Å². The van der Waals surface area contributed by atoms with Crippen LogP contribution in [0.4, 0.5) is 0 Å². The Morgan fingerprint density at radius 3 is 3.00 bits per heavy atom. The second-order valence-corrected chi connectivity index (χ2v) is 4.40. The Hall–Kier alpha value is -1.96. The summed E-state index contributed by atoms with van der Waals surface area (Å²) in [6.07, 6.45) is 2.37. The number of likely N-dealkylation sites (N-methyl/N-ethyl adjacent to an activating group) is 1. The third kappa shape index (κ3) is 2.33. The van der Waals surface area contributed by atoms with Crippen molar-refractivity contribution in [3.8, 4) is 0 Å². The highest BCUT2D eigenvalue weighted by atomic mass is 16.4. The Kier molecular flexibility index (Phi) is 3.28. The van der Waals surface area contributed by atoms with Crippen molar-refractivity contribution >= 4 is 11.9 Å². The molecule has 0 aliphatic carbocycles. The number of hydrogen-bond acceptors (Lipinski definition) is 5. The van der Waals surface area contributed by atoms with Crippen LogP contribution >= 0.6 is 0 Å². The highest BCUT2D eigenvalue weighted by molar-refractivity contribution is 5.82. The zero-order chi connectivity index (χ0) is 13.3. The van der Waals surface area contributed by atoms with Crippen molar-refractivity contribution in [1.82, 2.24) is 19.9 Å². The van der Waals surface area contributed by atoms with E-state index in [1.807, 2.05) is 0 Å². The zero-order valence-electron chi connectivity index (χ0n) is 9.98. The molecule has 0 aromatic carbocycles. The summed E-state index contributed by atoms with van der Waals surface area (Å²) in [6.45, 7) is 0.688. The van der Waals surface area contributed by atoms with Gasteiger partial charge in [-0.1, -0.05) is 5.21 Å². The van der Waals surface area contributed by atoms with E-state index in [1.54, 1.807) is 18.1 Å². The van der Waals surface area contributed by atoms with Gasteiger partial charge in [0.15, 0.2) is 0 Å². The minimum absolute atomic E-state index is 0.00557. The summed E-state index contributed by atoms with van der Waals surface area (Å²) in [5.74, 6) is -1.09. The number of rotatable bonds is 4. The lowest BCUT2D eigenvalue weighted by atomic mass is 10.2. The third-order valence-corrected chi connectivity index (χ3v) is 3.02. The molecule has 1 fully saturated rings. The van der Waals surface area contributed by atoms with Gasteiger partial charge in [0, 0.05) is 26.2 Å². The standard InChI is InChI=1S/C10H15N5O3/c1-14-3-2-8(9(14)16)15-5-6(12-13-15)4-7(11)10(17)18/h5,7-8H,2-4,11H2,1H3,(H,17,18). The van der Waals surface area contributed by atoms with E-state index in [1.165, 1.54) is 4.68 Å². The van der Waals surface area contributed by atoms with Crippen LogP contribution in [0.1, 0.15) is 18.2 Å². The van der Waals surface area contributed by atoms with Gasteiger partial charge in [0.25, 0.3) is 0 Å². The minimum Gasteiger partial charge on any atom is -0.480 e. The monoisotopic (exact) mass is 253 g/mol. The van der Waals surface area contributed by atoms with Crippen molar-refractivity contribution in [2.45, 2.75) is 24.9 Å². The van der Waals surface area contributed by atoms with Crippen molar-refractivity contribution in [3.63, 3.8) is 0 Å². The van der Waals surface area contributed by atoms with Gasteiger partial charge in [-0.25, -0.2) is 4.68 Å². The summed E-state index contributed by atoms with van der Waals surface area (Å²) in [4.78, 5) is 24.0. The van der Waals surface area contributed by atoms with Gasteiger partial charge in [0.05, 0.1) is 5.69 Å². The first-order valence-corrected chi connectivity index (χ1v) is 5.63. The van der Waals surface area contributed by atoms with Crippen molar-refractivity contribution < 1.29 is 14.7 Å². The van der Waals surface area contributed by atoms with Crippen LogP contribution in [0.3, 0.4) is 0 Å². The number of carboxylic acids is 1. The molecule has 1 aromatic rings. The topological polar surface area (TPSA) is 114 Å². The van der Waals surface area contributed by atoms with Crippen LogP contribution in [0.25, 0.3) is 0 Å². The Labute approximate surface area is 103 Å². The first-order chi connectivity index (χ1) is 8.49. The zero-order valence-corrected chi connectivity index (χ0v) is 9.98. The summed E-state index contributed by atoms with van der Waals surface area (Å²) >= 11 is 0. The van der Waals surface area contributed by atoms with Crippen LogP contribution in [-0.2, 0) is 16.0 Å². The van der Waals surface area contributed by atoms with E-state index in [9.17, 15) is 9.59 Å². The summed E-state index contributed by atoms with van der Waals surface area (Å²) in [6, 6.07) is -1.34. The number of nitrogens with two attached hydrogens (primary N) is 1. The molecule has 8 nitrogen and oxygen atoms in total. The summed E-state index contributed by atoms with van der Waals surface area (Å²) in [5, 5.41) is 16.4. The first kappa shape index (κ1) is 12.5. The molecule has 0 bridgehead atoms. The number of hydrogen-bond donors (Lipinski definition) is 2. The SMILES string of the molecule is CN1CCC(n2cc(CC(N)C(=O)O)nn2)C1=O. The van der Waals surface area contributed by atoms with Gasteiger partial charge >= 0.3 is 5.97 Å². The molecular formula is C10H15N5O3. The molecule has 2 atom stereocenters. The molecule has 0 spiro atoms. The van der Waals surface area contributed by atoms with Crippen molar-refractivity contribution in [2.75, 3.05) is 13.6 Å². The predicted octanol–water partition coefficient (Wildman–Crippen LogP) is -1.36. The van der Waals surface area contributed by atoms with E-state index < -0.39 is 12.0 Å². The van der Waals surface area contributed by atoms with Crippen molar-refractivity contribution in [2.24, 2.45) is 5.73 Å². The fourth-order valence-electron chi connectivity index (χ4n) is 1.92. The molecule has 8 heteroatoms. The number of nitrogens with zero attached hydrogens (tertiary/aromatic N) is 4. The van der Waals surface area contributed by atoms with Crippen molar-refractivity contribution in [3.05, 3.63) is 11.9 Å². The highest BCUT2D eigenvalue weighted by Gasteiger charge is 2.31. The highest BCUT2D eigenvalue weighted by Crippen LogP contribution is 2.20. The molecule has 2 rings (SSSR count). The fourth-order valence-corrected chi connectivity index (χ4v) is 1.92. The lowest BCUT2D eigenvalue weighted by molar-refractivity contribution is -0.138. The van der Waals surface area contributed by atoms with Gasteiger partial charge in [-0.2, -0.15) is 0 Å². The number of aromatic nitrogens is 3. The van der Waals surface area contributed by atoms with Crippen LogP contribution < -0.4 is 5.73 Å². The molecule has 0 saturated carbocycles. The van der Waals surface area contributed by atoms with E-state index in [2.05, 4.69) is 10.3 Å². The first-order valence-electron chi connectivity index (χ1n) is 5.63. The summed E-state index contributed by atoms with van der Waals surface area (Å²) < 4.78 is 1.48. The average Bonchev–Trinajstić information content (AvgIpc) is 2.88. The molecule has 1 aliphatic rings. The van der Waals surface area contributed by atoms with Crippen LogP contribution in [0.15, 0.2) is 6.20 Å². The smallest absolute Gasteiger partial charge is 0.320 e. The van der Waals surface area contributed by atoms with E-state index in [0.29, 0.717) is 18.7 Å². The maximum Gasteiger partial charge on any atom is 0.320 e. The molecule has 98 valence electrons. The van der Waals surface area contributed by atoms with Crippen LogP contribution in [0.2, 0.25) is 0 Å². The molecule has 1 aromatic heterocycles. The molecule has 1 aliphatic heterocycles. The van der Waals surface area contributed by atoms with Crippen LogP contribution in [0, 0.1) is 0 Å². The summed E-state index contributed by atoms with van der Waals surface area (Å²) in [5.41, 5.74) is 5.89. The molecular weight excluding hydrogens is 238 g/mol. The van der Waals surface area contributed by atoms with E-state index in [0.717, 1.165) is 0 Å². The molecule has 0 radical (unpaired) electrons. The lowest BCUT2D eigenvalue weighted by Gasteiger charge is -2.09. The fraction of sp³-hybridized carbons (Fsp3) is 0.600. The molecule has 2 unspecified atom stereocenters. The molecule has 2 heterocycles. The summed E-state index contributed by atoms with van der Waals surface area (Å²) in [7, 11) is 1.74. The third-order valence-electron chi connectivity index (χ3n) is 3.02. The maximum atomic E-state index is 11.8. The Bertz CT molecular complexity index is 472. The second kappa shape index (κ2) is 4.73. The predicted molar refractivity (Wildman–Crippen MR) is 60.6 cm³/mol. The average molecular weight is 253 g/mol. The van der Waals surface area contributed by atoms with E-state index in [-0.39, 0.29) is 18.4 Å². The molecule has 3 N–H and O–H groups in total. The largest absolute Gasteiger partial charge is 0.480 e. The van der Waals surface area contributed by atoms with Gasteiger partial charge < -0.3 is 15.7 Å². The molecule has 18 heavy (non-hydrogen) atoms. The quantitative estimate of drug-likeness (QED) is 0.684. The minimum atomic E-state index is -1.08. The maximum absolute atomic E-state index is 11.8. The van der Waals surface area contributed by atoms with E-state index in [4.69, 9.17) is 10.8 Å². The number of carboxylic acid groups (broad SMARTS) is 1. The van der Waals surface area contributed by atoms with Crippen LogP contribution in [-0.4, -0.2) is 56.5 Å². The van der Waals surface area contributed by atoms with E-state index >= 15 is 0 Å². The van der Waals surface area contributed by atoms with Gasteiger partial charge in [-0.05, 0) is 6.42 Å². The van der Waals surface area contributed by atoms with Gasteiger partial charge in [-0.15, -0.1) is 5.10 Å².